The summed E-state index contributed by atoms with van der Waals surface area (Å²) < 4.78 is 5.28. The van der Waals surface area contributed by atoms with E-state index >= 15 is 0 Å². The average Bonchev–Trinajstić information content (AvgIpc) is 2.89. The second-order valence-corrected chi connectivity index (χ2v) is 6.34. The number of aromatic carboxylic acids is 1. The summed E-state index contributed by atoms with van der Waals surface area (Å²) in [5.41, 5.74) is 2.49. The van der Waals surface area contributed by atoms with Gasteiger partial charge in [0, 0.05) is 10.9 Å². The maximum Gasteiger partial charge on any atom is 0.352 e. The highest BCUT2D eigenvalue weighted by Crippen LogP contribution is 2.31. The number of carbonyl (C=O) groups is 1. The molecule has 0 aliphatic carbocycles. The maximum absolute atomic E-state index is 11.0. The van der Waals surface area contributed by atoms with Crippen molar-refractivity contribution in [2.75, 3.05) is 26.3 Å². The Morgan fingerprint density at radius 3 is 2.64 bits per heavy atom. The van der Waals surface area contributed by atoms with Gasteiger partial charge in [-0.05, 0) is 49.5 Å². The number of aromatic amines is 1. The zero-order valence-electron chi connectivity index (χ0n) is 12.4. The van der Waals surface area contributed by atoms with E-state index in [1.165, 1.54) is 5.56 Å². The summed E-state index contributed by atoms with van der Waals surface area (Å²) in [4.78, 5) is 16.6. The Labute approximate surface area is 128 Å². The molecular weight excluding hydrogens is 280 g/mol. The number of H-pyrrole nitrogens is 1. The molecule has 22 heavy (non-hydrogen) atoms. The fourth-order valence-electron chi connectivity index (χ4n) is 3.55. The number of hydrogen-bond acceptors (Lipinski definition) is 3. The van der Waals surface area contributed by atoms with Crippen LogP contribution in [-0.4, -0.2) is 53.3 Å². The van der Waals surface area contributed by atoms with Gasteiger partial charge in [0.05, 0.1) is 19.3 Å². The Kier molecular flexibility index (Phi) is 3.39. The number of aromatic nitrogens is 1. The van der Waals surface area contributed by atoms with E-state index in [1.807, 2.05) is 6.07 Å². The lowest BCUT2D eigenvalue weighted by molar-refractivity contribution is -0.0712. The number of carboxylic acids is 1. The van der Waals surface area contributed by atoms with Gasteiger partial charge < -0.3 is 14.8 Å². The molecule has 0 radical (unpaired) electrons. The number of fused-ring (bicyclic) bond motifs is 1. The lowest BCUT2D eigenvalue weighted by Gasteiger charge is -2.41. The van der Waals surface area contributed by atoms with Gasteiger partial charge >= 0.3 is 5.97 Å². The Hall–Kier alpha value is -1.85. The Bertz CT molecular complexity index is 697. The summed E-state index contributed by atoms with van der Waals surface area (Å²) in [6, 6.07) is 8.62. The van der Waals surface area contributed by atoms with Gasteiger partial charge in [0.15, 0.2) is 0 Å². The molecule has 3 heterocycles. The number of hydrogen-bond donors (Lipinski definition) is 2. The van der Waals surface area contributed by atoms with Crippen LogP contribution in [0.25, 0.3) is 10.9 Å². The third kappa shape index (κ3) is 2.40. The summed E-state index contributed by atoms with van der Waals surface area (Å²) >= 11 is 0. The molecule has 116 valence electrons. The van der Waals surface area contributed by atoms with Crippen molar-refractivity contribution in [1.29, 1.82) is 0 Å². The van der Waals surface area contributed by atoms with Crippen LogP contribution in [0.4, 0.5) is 0 Å². The standard InChI is InChI=1S/C17H20N2O3/c20-17(21)16-8-13-2-1-12(7-15(13)18-16)11-3-5-19(6-4-11)14-9-22-10-14/h1-2,7-8,11,14,18H,3-6,9-10H2,(H,20,21). The van der Waals surface area contributed by atoms with Crippen molar-refractivity contribution in [1.82, 2.24) is 9.88 Å². The molecule has 0 bridgehead atoms. The van der Waals surface area contributed by atoms with Crippen molar-refractivity contribution < 1.29 is 14.6 Å². The number of likely N-dealkylation sites (tertiary alicyclic amines) is 1. The van der Waals surface area contributed by atoms with E-state index in [0.29, 0.717) is 12.0 Å². The van der Waals surface area contributed by atoms with Gasteiger partial charge in [0.25, 0.3) is 0 Å². The molecule has 4 rings (SSSR count). The third-order valence-corrected chi connectivity index (χ3v) is 5.01. The van der Waals surface area contributed by atoms with Gasteiger partial charge in [-0.15, -0.1) is 0 Å². The second kappa shape index (κ2) is 5.41. The largest absolute Gasteiger partial charge is 0.477 e. The third-order valence-electron chi connectivity index (χ3n) is 5.01. The highest BCUT2D eigenvalue weighted by atomic mass is 16.5. The normalized spacial score (nSPS) is 21.1. The first-order valence-corrected chi connectivity index (χ1v) is 7.88. The summed E-state index contributed by atoms with van der Waals surface area (Å²) in [7, 11) is 0. The molecule has 0 saturated carbocycles. The first kappa shape index (κ1) is 13.8. The Balaban J connectivity index is 1.50. The van der Waals surface area contributed by atoms with Crippen LogP contribution in [-0.2, 0) is 4.74 Å². The van der Waals surface area contributed by atoms with E-state index in [9.17, 15) is 4.79 Å². The van der Waals surface area contributed by atoms with Crippen molar-refractivity contribution in [2.24, 2.45) is 0 Å². The van der Waals surface area contributed by atoms with Gasteiger partial charge in [0.2, 0.25) is 0 Å². The number of piperidine rings is 1. The monoisotopic (exact) mass is 300 g/mol. The van der Waals surface area contributed by atoms with E-state index in [-0.39, 0.29) is 5.69 Å². The molecule has 1 aromatic heterocycles. The lowest BCUT2D eigenvalue weighted by atomic mass is 9.88. The fourth-order valence-corrected chi connectivity index (χ4v) is 3.55. The lowest BCUT2D eigenvalue weighted by Crippen LogP contribution is -2.51. The number of rotatable bonds is 3. The smallest absolute Gasteiger partial charge is 0.352 e. The topological polar surface area (TPSA) is 65.6 Å². The highest BCUT2D eigenvalue weighted by molar-refractivity contribution is 5.93. The van der Waals surface area contributed by atoms with E-state index < -0.39 is 5.97 Å². The minimum atomic E-state index is -0.909. The molecule has 0 amide bonds. The minimum absolute atomic E-state index is 0.256. The molecule has 0 unspecified atom stereocenters. The molecule has 2 N–H and O–H groups in total. The molecule has 1 aromatic carbocycles. The zero-order chi connectivity index (χ0) is 15.1. The Morgan fingerprint density at radius 1 is 1.23 bits per heavy atom. The van der Waals surface area contributed by atoms with Crippen LogP contribution < -0.4 is 0 Å². The van der Waals surface area contributed by atoms with Crippen LogP contribution in [0.3, 0.4) is 0 Å². The van der Waals surface area contributed by atoms with Gasteiger partial charge in [-0.2, -0.15) is 0 Å². The number of carboxylic acid groups (broad SMARTS) is 1. The first-order chi connectivity index (χ1) is 10.7. The fraction of sp³-hybridized carbons (Fsp3) is 0.471. The Morgan fingerprint density at radius 2 is 2.00 bits per heavy atom. The predicted molar refractivity (Wildman–Crippen MR) is 83.4 cm³/mol. The van der Waals surface area contributed by atoms with Gasteiger partial charge in [-0.25, -0.2) is 4.79 Å². The maximum atomic E-state index is 11.0. The van der Waals surface area contributed by atoms with E-state index in [0.717, 1.165) is 50.0 Å². The molecule has 2 saturated heterocycles. The van der Waals surface area contributed by atoms with Crippen molar-refractivity contribution in [2.45, 2.75) is 24.8 Å². The van der Waals surface area contributed by atoms with Gasteiger partial charge in [0.1, 0.15) is 5.69 Å². The van der Waals surface area contributed by atoms with Gasteiger partial charge in [-0.1, -0.05) is 12.1 Å². The zero-order valence-corrected chi connectivity index (χ0v) is 12.4. The number of nitrogens with one attached hydrogen (secondary N) is 1. The SMILES string of the molecule is O=C(O)c1cc2ccc(C3CCN(C4COC4)CC3)cc2[nH]1. The summed E-state index contributed by atoms with van der Waals surface area (Å²) in [5.74, 6) is -0.341. The number of nitrogens with zero attached hydrogens (tertiary/aromatic N) is 1. The van der Waals surface area contributed by atoms with Crippen LogP contribution in [0.2, 0.25) is 0 Å². The molecule has 5 nitrogen and oxygen atoms in total. The van der Waals surface area contributed by atoms with E-state index in [2.05, 4.69) is 22.0 Å². The number of benzene rings is 1. The molecule has 5 heteroatoms. The summed E-state index contributed by atoms with van der Waals surface area (Å²) in [6.45, 7) is 4.03. The first-order valence-electron chi connectivity index (χ1n) is 7.88. The summed E-state index contributed by atoms with van der Waals surface area (Å²) in [5, 5.41) is 10.0. The molecule has 2 aliphatic rings. The van der Waals surface area contributed by atoms with Crippen molar-refractivity contribution in [3.05, 3.63) is 35.5 Å². The average molecular weight is 300 g/mol. The van der Waals surface area contributed by atoms with Crippen LogP contribution in [0.15, 0.2) is 24.3 Å². The molecular formula is C17H20N2O3. The molecule has 0 spiro atoms. The highest BCUT2D eigenvalue weighted by Gasteiger charge is 2.30. The van der Waals surface area contributed by atoms with Crippen molar-refractivity contribution in [3.63, 3.8) is 0 Å². The van der Waals surface area contributed by atoms with Crippen molar-refractivity contribution in [3.8, 4) is 0 Å². The van der Waals surface area contributed by atoms with E-state index in [1.54, 1.807) is 6.07 Å². The molecule has 0 atom stereocenters. The molecule has 2 fully saturated rings. The molecule has 2 aromatic rings. The van der Waals surface area contributed by atoms with Crippen LogP contribution in [0.5, 0.6) is 0 Å². The second-order valence-electron chi connectivity index (χ2n) is 6.34. The summed E-state index contributed by atoms with van der Waals surface area (Å²) in [6.07, 6.45) is 2.32. The predicted octanol–water partition coefficient (Wildman–Crippen LogP) is 2.44. The van der Waals surface area contributed by atoms with Crippen LogP contribution >= 0.6 is 0 Å². The van der Waals surface area contributed by atoms with Crippen LogP contribution in [0, 0.1) is 0 Å². The van der Waals surface area contributed by atoms with Crippen LogP contribution in [0.1, 0.15) is 34.8 Å². The number of ether oxygens (including phenoxy) is 1. The van der Waals surface area contributed by atoms with Crippen molar-refractivity contribution >= 4 is 16.9 Å². The van der Waals surface area contributed by atoms with E-state index in [4.69, 9.17) is 9.84 Å². The van der Waals surface area contributed by atoms with Gasteiger partial charge in [-0.3, -0.25) is 4.90 Å². The molecule has 2 aliphatic heterocycles. The minimum Gasteiger partial charge on any atom is -0.477 e. The quantitative estimate of drug-likeness (QED) is 0.914.